The Morgan fingerprint density at radius 3 is 2.70 bits per heavy atom. The Labute approximate surface area is 171 Å². The van der Waals surface area contributed by atoms with Crippen LogP contribution < -0.4 is 10.1 Å². The summed E-state index contributed by atoms with van der Waals surface area (Å²) in [6.45, 7) is 2.99. The fraction of sp³-hybridized carbons (Fsp3) is 0.368. The first-order valence-electron chi connectivity index (χ1n) is 9.03. The van der Waals surface area contributed by atoms with E-state index in [1.807, 2.05) is 0 Å². The van der Waals surface area contributed by atoms with Crippen LogP contribution in [0.3, 0.4) is 0 Å². The number of alkyl halides is 3. The van der Waals surface area contributed by atoms with Crippen LogP contribution in [0.2, 0.25) is 0 Å². The lowest BCUT2D eigenvalue weighted by Gasteiger charge is -2.14. The molecule has 2 heterocycles. The molecule has 7 nitrogen and oxygen atoms in total. The molecule has 2 aromatic heterocycles. The van der Waals surface area contributed by atoms with E-state index in [9.17, 15) is 22.8 Å². The number of nitrogens with one attached hydrogen (secondary N) is 2. The lowest BCUT2D eigenvalue weighted by molar-refractivity contribution is -0.137. The molecule has 0 spiro atoms. The number of rotatable bonds is 7. The maximum atomic E-state index is 13.6. The van der Waals surface area contributed by atoms with Gasteiger partial charge in [0.25, 0.3) is 0 Å². The maximum absolute atomic E-state index is 13.6. The summed E-state index contributed by atoms with van der Waals surface area (Å²) < 4.78 is 58.0. The van der Waals surface area contributed by atoms with E-state index in [0.717, 1.165) is 0 Å². The molecular weight excluding hydrogens is 420 g/mol. The Balaban J connectivity index is 2.20. The Hall–Kier alpha value is -2.71. The van der Waals surface area contributed by atoms with Crippen molar-refractivity contribution in [3.05, 3.63) is 35.5 Å². The number of benzene rings is 1. The molecular formula is C19H21F3N4O3P+. The third-order valence-electron chi connectivity index (χ3n) is 4.46. The van der Waals surface area contributed by atoms with Gasteiger partial charge in [0.2, 0.25) is 5.95 Å². The Morgan fingerprint density at radius 2 is 2.10 bits per heavy atom. The lowest BCUT2D eigenvalue weighted by atomic mass is 10.1. The van der Waals surface area contributed by atoms with Crippen LogP contribution in [0.5, 0.6) is 5.75 Å². The van der Waals surface area contributed by atoms with Crippen molar-refractivity contribution in [3.8, 4) is 17.1 Å². The SMILES string of the molecule is COc1ccc2cc(-c3nc(NC(C)CO)ncc3C(F)(F)F)[nH]c2c1C[P+](C)=O. The molecule has 0 radical (unpaired) electrons. The summed E-state index contributed by atoms with van der Waals surface area (Å²) >= 11 is 0. The smallest absolute Gasteiger partial charge is 0.420 e. The standard InChI is InChI=1S/C19H21F3N4O3P/c1-10(8-27)24-18-23-7-13(19(20,21)22)17(26-18)14-6-11-4-5-15(29-2)12(9-30(3)28)16(11)25-14/h4-7,10,25,27H,8-9H2,1-3H3,(H,23,24,26)/q+1. The highest BCUT2D eigenvalue weighted by Gasteiger charge is 2.36. The van der Waals surface area contributed by atoms with Gasteiger partial charge in [0, 0.05) is 17.6 Å². The highest BCUT2D eigenvalue weighted by atomic mass is 31.1. The number of aliphatic hydroxyl groups excluding tert-OH is 1. The minimum absolute atomic E-state index is 0.0346. The number of aliphatic hydroxyl groups is 1. The van der Waals surface area contributed by atoms with Crippen molar-refractivity contribution < 1.29 is 27.6 Å². The van der Waals surface area contributed by atoms with Crippen molar-refractivity contribution in [1.82, 2.24) is 15.0 Å². The van der Waals surface area contributed by atoms with E-state index >= 15 is 0 Å². The van der Waals surface area contributed by atoms with Crippen molar-refractivity contribution in [2.24, 2.45) is 0 Å². The maximum Gasteiger partial charge on any atom is 0.420 e. The summed E-state index contributed by atoms with van der Waals surface area (Å²) in [5.74, 6) is 0.464. The number of hydrogen-bond donors (Lipinski definition) is 3. The van der Waals surface area contributed by atoms with Gasteiger partial charge in [0.1, 0.15) is 23.7 Å². The molecule has 0 saturated carbocycles. The summed E-state index contributed by atoms with van der Waals surface area (Å²) in [7, 11) is -0.0722. The van der Waals surface area contributed by atoms with Crippen LogP contribution in [-0.4, -0.2) is 46.5 Å². The predicted octanol–water partition coefficient (Wildman–Crippen LogP) is 4.40. The van der Waals surface area contributed by atoms with E-state index in [1.165, 1.54) is 7.11 Å². The van der Waals surface area contributed by atoms with E-state index in [-0.39, 0.29) is 30.1 Å². The third kappa shape index (κ3) is 4.55. The molecule has 0 saturated heterocycles. The van der Waals surface area contributed by atoms with Crippen molar-refractivity contribution in [1.29, 1.82) is 0 Å². The van der Waals surface area contributed by atoms with Gasteiger partial charge in [0.05, 0.1) is 30.5 Å². The van der Waals surface area contributed by atoms with E-state index in [4.69, 9.17) is 4.74 Å². The van der Waals surface area contributed by atoms with Crippen LogP contribution in [0.25, 0.3) is 22.3 Å². The van der Waals surface area contributed by atoms with Crippen LogP contribution in [0.4, 0.5) is 19.1 Å². The number of aromatic nitrogens is 3. The van der Waals surface area contributed by atoms with Crippen LogP contribution in [0.1, 0.15) is 18.1 Å². The van der Waals surface area contributed by atoms with Crippen molar-refractivity contribution >= 4 is 24.7 Å². The Kier molecular flexibility index (Phi) is 6.28. The number of methoxy groups -OCH3 is 1. The first-order valence-corrected chi connectivity index (χ1v) is 10.9. The fourth-order valence-corrected chi connectivity index (χ4v) is 3.83. The van der Waals surface area contributed by atoms with E-state index in [1.54, 1.807) is 31.8 Å². The fourth-order valence-electron chi connectivity index (χ4n) is 3.07. The highest BCUT2D eigenvalue weighted by Crippen LogP contribution is 2.39. The van der Waals surface area contributed by atoms with E-state index in [0.29, 0.717) is 28.4 Å². The van der Waals surface area contributed by atoms with Crippen LogP contribution in [0.15, 0.2) is 24.4 Å². The molecule has 30 heavy (non-hydrogen) atoms. The lowest BCUT2D eigenvalue weighted by Crippen LogP contribution is -2.21. The first kappa shape index (κ1) is 22.0. The molecule has 0 amide bonds. The number of nitrogens with zero attached hydrogens (tertiary/aromatic N) is 2. The van der Waals surface area contributed by atoms with E-state index in [2.05, 4.69) is 20.3 Å². The predicted molar refractivity (Wildman–Crippen MR) is 108 cm³/mol. The van der Waals surface area contributed by atoms with Crippen LogP contribution >= 0.6 is 7.80 Å². The van der Waals surface area contributed by atoms with Gasteiger partial charge in [-0.3, -0.25) is 0 Å². The summed E-state index contributed by atoms with van der Waals surface area (Å²) in [4.78, 5) is 10.8. The number of fused-ring (bicyclic) bond motifs is 1. The average molecular weight is 441 g/mol. The van der Waals surface area contributed by atoms with Gasteiger partial charge in [-0.1, -0.05) is 4.57 Å². The number of ether oxygens (including phenoxy) is 1. The molecule has 0 aliphatic heterocycles. The first-order chi connectivity index (χ1) is 14.1. The van der Waals surface area contributed by atoms with Crippen molar-refractivity contribution in [3.63, 3.8) is 0 Å². The topological polar surface area (TPSA) is 100 Å². The summed E-state index contributed by atoms with van der Waals surface area (Å²) in [6.07, 6.45) is -3.74. The molecule has 160 valence electrons. The zero-order valence-electron chi connectivity index (χ0n) is 16.5. The molecule has 0 aliphatic carbocycles. The molecule has 0 aliphatic rings. The molecule has 3 aromatic rings. The molecule has 2 atom stereocenters. The molecule has 11 heteroatoms. The number of aromatic amines is 1. The van der Waals surface area contributed by atoms with Gasteiger partial charge in [0.15, 0.2) is 6.16 Å². The molecule has 1 aromatic carbocycles. The van der Waals surface area contributed by atoms with Crippen molar-refractivity contribution in [2.75, 3.05) is 25.7 Å². The molecule has 2 unspecified atom stereocenters. The second kappa shape index (κ2) is 8.57. The van der Waals surface area contributed by atoms with Gasteiger partial charge in [-0.2, -0.15) is 13.2 Å². The van der Waals surface area contributed by atoms with Gasteiger partial charge < -0.3 is 20.1 Å². The zero-order valence-corrected chi connectivity index (χ0v) is 17.4. The van der Waals surface area contributed by atoms with Gasteiger partial charge >= 0.3 is 14.0 Å². The van der Waals surface area contributed by atoms with Crippen LogP contribution in [0, 0.1) is 0 Å². The summed E-state index contributed by atoms with van der Waals surface area (Å²) in [5, 5.41) is 12.6. The minimum Gasteiger partial charge on any atom is -0.496 e. The average Bonchev–Trinajstić information content (AvgIpc) is 3.11. The number of H-pyrrole nitrogens is 1. The largest absolute Gasteiger partial charge is 0.496 e. The summed E-state index contributed by atoms with van der Waals surface area (Å²) in [5.41, 5.74) is -0.0157. The number of halogens is 3. The highest BCUT2D eigenvalue weighted by molar-refractivity contribution is 7.42. The van der Waals surface area contributed by atoms with Crippen LogP contribution in [-0.2, 0) is 16.9 Å². The minimum atomic E-state index is -4.67. The molecule has 3 N–H and O–H groups in total. The number of hydrogen-bond acceptors (Lipinski definition) is 6. The second-order valence-electron chi connectivity index (χ2n) is 6.86. The third-order valence-corrected chi connectivity index (χ3v) is 5.22. The van der Waals surface area contributed by atoms with Crippen molar-refractivity contribution in [2.45, 2.75) is 25.3 Å². The Bertz CT molecular complexity index is 1080. The monoisotopic (exact) mass is 441 g/mol. The summed E-state index contributed by atoms with van der Waals surface area (Å²) in [6, 6.07) is 4.52. The normalized spacial score (nSPS) is 13.4. The van der Waals surface area contributed by atoms with E-state index < -0.39 is 25.6 Å². The molecule has 0 bridgehead atoms. The van der Waals surface area contributed by atoms with Gasteiger partial charge in [-0.25, -0.2) is 9.97 Å². The van der Waals surface area contributed by atoms with Gasteiger partial charge in [-0.05, 0) is 25.1 Å². The number of anilines is 1. The molecule has 0 fully saturated rings. The Morgan fingerprint density at radius 1 is 1.37 bits per heavy atom. The molecule has 3 rings (SSSR count). The quantitative estimate of drug-likeness (QED) is 0.470. The van der Waals surface area contributed by atoms with Gasteiger partial charge in [-0.15, -0.1) is 0 Å². The zero-order chi connectivity index (χ0) is 22.1. The second-order valence-corrected chi connectivity index (χ2v) is 8.43.